The van der Waals surface area contributed by atoms with Crippen LogP contribution >= 0.6 is 11.8 Å². The van der Waals surface area contributed by atoms with Crippen LogP contribution in [0.4, 0.5) is 5.69 Å². The summed E-state index contributed by atoms with van der Waals surface area (Å²) in [6.07, 6.45) is 5.34. The molecule has 0 unspecified atom stereocenters. The normalized spacial score (nSPS) is 13.4. The van der Waals surface area contributed by atoms with E-state index in [4.69, 9.17) is 0 Å². The third kappa shape index (κ3) is 3.45. The highest BCUT2D eigenvalue weighted by molar-refractivity contribution is 8.00. The summed E-state index contributed by atoms with van der Waals surface area (Å²) in [6, 6.07) is 16.3. The van der Waals surface area contributed by atoms with Gasteiger partial charge in [-0.25, -0.2) is 14.6 Å². The molecule has 2 aromatic carbocycles. The summed E-state index contributed by atoms with van der Waals surface area (Å²) in [4.78, 5) is 23.7. The van der Waals surface area contributed by atoms with Crippen molar-refractivity contribution in [3.05, 3.63) is 72.2 Å². The molecular weight excluding hydrogens is 394 g/mol. The Morgan fingerprint density at radius 2 is 1.93 bits per heavy atom. The molecule has 3 heterocycles. The number of fused-ring (bicyclic) bond motifs is 2. The second-order valence-electron chi connectivity index (χ2n) is 7.37. The van der Waals surface area contributed by atoms with Crippen molar-refractivity contribution in [3.63, 3.8) is 0 Å². The van der Waals surface area contributed by atoms with Crippen molar-refractivity contribution >= 4 is 34.4 Å². The van der Waals surface area contributed by atoms with Crippen LogP contribution in [0.25, 0.3) is 16.7 Å². The number of aryl methyl sites for hydroxylation is 2. The van der Waals surface area contributed by atoms with Crippen LogP contribution in [0.2, 0.25) is 0 Å². The zero-order chi connectivity index (χ0) is 20.5. The fraction of sp³-hybridized carbons (Fsp3) is 0.217. The van der Waals surface area contributed by atoms with Gasteiger partial charge < -0.3 is 4.90 Å². The van der Waals surface area contributed by atoms with Gasteiger partial charge in [0.1, 0.15) is 11.4 Å². The highest BCUT2D eigenvalue weighted by Gasteiger charge is 2.22. The second-order valence-corrected chi connectivity index (χ2v) is 8.34. The molecule has 0 bridgehead atoms. The largest absolute Gasteiger partial charge is 0.311 e. The van der Waals surface area contributed by atoms with Crippen LogP contribution in [-0.4, -0.2) is 38.0 Å². The van der Waals surface area contributed by atoms with Crippen LogP contribution in [0.1, 0.15) is 17.5 Å². The van der Waals surface area contributed by atoms with Crippen LogP contribution < -0.4 is 4.90 Å². The van der Waals surface area contributed by atoms with E-state index in [0.29, 0.717) is 5.75 Å². The fourth-order valence-electron chi connectivity index (χ4n) is 3.81. The number of carbonyl (C=O) groups excluding carboxylic acids is 1. The third-order valence-electron chi connectivity index (χ3n) is 5.35. The molecule has 0 N–H and O–H groups in total. The molecule has 0 aliphatic carbocycles. The summed E-state index contributed by atoms with van der Waals surface area (Å²) >= 11 is 1.44. The molecular formula is C23H21N5OS. The summed E-state index contributed by atoms with van der Waals surface area (Å²) in [5.74, 6) is 0.431. The van der Waals surface area contributed by atoms with Gasteiger partial charge in [-0.15, -0.1) is 0 Å². The second kappa shape index (κ2) is 7.91. The SMILES string of the molecule is Cc1ccc(-n2ncc3c(SCC(=O)N4CCCc5ccccc54)ncnc32)cc1. The molecule has 4 aromatic rings. The monoisotopic (exact) mass is 415 g/mol. The molecule has 2 aromatic heterocycles. The molecule has 1 aliphatic rings. The molecule has 30 heavy (non-hydrogen) atoms. The molecule has 5 rings (SSSR count). The number of para-hydroxylation sites is 1. The lowest BCUT2D eigenvalue weighted by Gasteiger charge is -2.29. The number of hydrogen-bond acceptors (Lipinski definition) is 5. The molecule has 0 spiro atoms. The Hall–Kier alpha value is -3.19. The molecule has 6 nitrogen and oxygen atoms in total. The maximum absolute atomic E-state index is 13.0. The summed E-state index contributed by atoms with van der Waals surface area (Å²) in [5, 5.41) is 6.14. The molecule has 0 atom stereocenters. The Kier molecular flexibility index (Phi) is 4.96. The fourth-order valence-corrected chi connectivity index (χ4v) is 4.65. The van der Waals surface area contributed by atoms with E-state index in [9.17, 15) is 4.79 Å². The number of benzene rings is 2. The number of amides is 1. The minimum Gasteiger partial charge on any atom is -0.311 e. The standard InChI is InChI=1S/C23H21N5OS/c1-16-8-10-18(11-9-16)28-22-19(13-26-28)23(25-15-24-22)30-14-21(29)27-12-4-6-17-5-2-3-7-20(17)27/h2-3,5,7-11,13,15H,4,6,12,14H2,1H3. The number of anilines is 1. The Balaban J connectivity index is 1.38. The number of carbonyl (C=O) groups is 1. The first-order chi connectivity index (χ1) is 14.7. The van der Waals surface area contributed by atoms with Crippen LogP contribution in [0.15, 0.2) is 66.1 Å². The van der Waals surface area contributed by atoms with Gasteiger partial charge in [-0.2, -0.15) is 5.10 Å². The van der Waals surface area contributed by atoms with E-state index < -0.39 is 0 Å². The van der Waals surface area contributed by atoms with Crippen LogP contribution in [0.3, 0.4) is 0 Å². The van der Waals surface area contributed by atoms with Gasteiger partial charge >= 0.3 is 0 Å². The zero-order valence-electron chi connectivity index (χ0n) is 16.7. The van der Waals surface area contributed by atoms with Gasteiger partial charge in [0.25, 0.3) is 0 Å². The third-order valence-corrected chi connectivity index (χ3v) is 6.34. The van der Waals surface area contributed by atoms with Gasteiger partial charge in [-0.1, -0.05) is 47.7 Å². The van der Waals surface area contributed by atoms with Crippen molar-refractivity contribution < 1.29 is 4.79 Å². The van der Waals surface area contributed by atoms with Gasteiger partial charge in [-0.05, 0) is 43.5 Å². The zero-order valence-corrected chi connectivity index (χ0v) is 17.5. The maximum atomic E-state index is 13.0. The van der Waals surface area contributed by atoms with E-state index in [-0.39, 0.29) is 5.91 Å². The Morgan fingerprint density at radius 1 is 1.10 bits per heavy atom. The van der Waals surface area contributed by atoms with E-state index in [1.807, 2.05) is 39.9 Å². The van der Waals surface area contributed by atoms with Crippen LogP contribution in [-0.2, 0) is 11.2 Å². The first-order valence-corrected chi connectivity index (χ1v) is 11.0. The molecule has 7 heteroatoms. The lowest BCUT2D eigenvalue weighted by Crippen LogP contribution is -2.36. The number of rotatable bonds is 4. The summed E-state index contributed by atoms with van der Waals surface area (Å²) in [6.45, 7) is 2.82. The highest BCUT2D eigenvalue weighted by atomic mass is 32.2. The predicted octanol–water partition coefficient (Wildman–Crippen LogP) is 4.20. The van der Waals surface area contributed by atoms with Crippen molar-refractivity contribution in [3.8, 4) is 5.69 Å². The minimum absolute atomic E-state index is 0.102. The average molecular weight is 416 g/mol. The van der Waals surface area contributed by atoms with Crippen molar-refractivity contribution in [1.82, 2.24) is 19.7 Å². The van der Waals surface area contributed by atoms with E-state index in [0.717, 1.165) is 46.8 Å². The number of hydrogen-bond donors (Lipinski definition) is 0. The van der Waals surface area contributed by atoms with Crippen LogP contribution in [0.5, 0.6) is 0 Å². The van der Waals surface area contributed by atoms with Gasteiger partial charge in [0, 0.05) is 12.2 Å². The molecule has 0 saturated heterocycles. The number of thioether (sulfide) groups is 1. The number of aromatic nitrogens is 4. The van der Waals surface area contributed by atoms with Gasteiger partial charge in [0.2, 0.25) is 5.91 Å². The Bertz CT molecular complexity index is 1220. The van der Waals surface area contributed by atoms with Crippen molar-refractivity contribution in [2.45, 2.75) is 24.8 Å². The Morgan fingerprint density at radius 3 is 2.80 bits per heavy atom. The molecule has 0 radical (unpaired) electrons. The van der Waals surface area contributed by atoms with E-state index in [1.54, 1.807) is 6.20 Å². The number of nitrogens with zero attached hydrogens (tertiary/aromatic N) is 5. The predicted molar refractivity (Wildman–Crippen MR) is 119 cm³/mol. The average Bonchev–Trinajstić information content (AvgIpc) is 3.22. The minimum atomic E-state index is 0.102. The van der Waals surface area contributed by atoms with Gasteiger partial charge in [0.15, 0.2) is 5.65 Å². The van der Waals surface area contributed by atoms with Crippen molar-refractivity contribution in [1.29, 1.82) is 0 Å². The molecule has 1 amide bonds. The summed E-state index contributed by atoms with van der Waals surface area (Å²) < 4.78 is 1.81. The molecule has 150 valence electrons. The van der Waals surface area contributed by atoms with E-state index in [2.05, 4.69) is 40.2 Å². The summed E-state index contributed by atoms with van der Waals surface area (Å²) in [5.41, 5.74) is 5.16. The maximum Gasteiger partial charge on any atom is 0.237 e. The first-order valence-electron chi connectivity index (χ1n) is 9.97. The van der Waals surface area contributed by atoms with Crippen molar-refractivity contribution in [2.75, 3.05) is 17.2 Å². The lowest BCUT2D eigenvalue weighted by atomic mass is 10.0. The molecule has 0 saturated carbocycles. The van der Waals surface area contributed by atoms with E-state index >= 15 is 0 Å². The van der Waals surface area contributed by atoms with Crippen LogP contribution in [0, 0.1) is 6.92 Å². The quantitative estimate of drug-likeness (QED) is 0.369. The molecule has 0 fully saturated rings. The highest BCUT2D eigenvalue weighted by Crippen LogP contribution is 2.30. The lowest BCUT2D eigenvalue weighted by molar-refractivity contribution is -0.116. The first kappa shape index (κ1) is 18.8. The topological polar surface area (TPSA) is 63.9 Å². The van der Waals surface area contributed by atoms with Gasteiger partial charge in [-0.3, -0.25) is 4.79 Å². The summed E-state index contributed by atoms with van der Waals surface area (Å²) in [7, 11) is 0. The smallest absolute Gasteiger partial charge is 0.237 e. The van der Waals surface area contributed by atoms with Crippen molar-refractivity contribution in [2.24, 2.45) is 0 Å². The molecule has 1 aliphatic heterocycles. The van der Waals surface area contributed by atoms with Gasteiger partial charge in [0.05, 0.1) is 23.0 Å². The van der Waals surface area contributed by atoms with E-state index in [1.165, 1.54) is 29.2 Å². The Labute approximate surface area is 179 Å².